The van der Waals surface area contributed by atoms with Crippen molar-refractivity contribution in [2.75, 3.05) is 6.54 Å². The van der Waals surface area contributed by atoms with Gasteiger partial charge in [-0.05, 0) is 26.0 Å². The van der Waals surface area contributed by atoms with Gasteiger partial charge in [0, 0.05) is 6.54 Å². The Bertz CT molecular complexity index is 361. The summed E-state index contributed by atoms with van der Waals surface area (Å²) in [5.41, 5.74) is 1.13. The summed E-state index contributed by atoms with van der Waals surface area (Å²) in [6.45, 7) is 3.59. The molecule has 0 saturated heterocycles. The summed E-state index contributed by atoms with van der Waals surface area (Å²) in [5, 5.41) is 21.0. The van der Waals surface area contributed by atoms with Gasteiger partial charge in [0.2, 0.25) is 0 Å². The lowest BCUT2D eigenvalue weighted by atomic mass is 10.1. The van der Waals surface area contributed by atoms with Crippen LogP contribution in [0, 0.1) is 6.92 Å². The maximum Gasteiger partial charge on any atom is 0.255 e. The number of benzene rings is 1. The van der Waals surface area contributed by atoms with Crippen molar-refractivity contribution in [2.45, 2.75) is 20.0 Å². The first-order valence-electron chi connectivity index (χ1n) is 4.76. The number of nitrogens with one attached hydrogen (secondary N) is 1. The van der Waals surface area contributed by atoms with Crippen molar-refractivity contribution >= 4 is 5.91 Å². The van der Waals surface area contributed by atoms with Gasteiger partial charge in [0.15, 0.2) is 0 Å². The lowest BCUT2D eigenvalue weighted by Gasteiger charge is -2.08. The number of carbonyl (C=O) groups excluding carboxylic acids is 1. The average Bonchev–Trinajstić information content (AvgIpc) is 2.18. The second-order valence-electron chi connectivity index (χ2n) is 3.58. The smallest absolute Gasteiger partial charge is 0.255 e. The Morgan fingerprint density at radius 1 is 1.53 bits per heavy atom. The van der Waals surface area contributed by atoms with Crippen molar-refractivity contribution < 1.29 is 15.0 Å². The number of aliphatic hydroxyl groups excluding tert-OH is 1. The lowest BCUT2D eigenvalue weighted by molar-refractivity contribution is 0.0921. The molecule has 0 bridgehead atoms. The zero-order valence-corrected chi connectivity index (χ0v) is 8.82. The molecule has 1 atom stereocenters. The van der Waals surface area contributed by atoms with E-state index in [-0.39, 0.29) is 23.8 Å². The van der Waals surface area contributed by atoms with Crippen molar-refractivity contribution in [3.05, 3.63) is 29.3 Å². The summed E-state index contributed by atoms with van der Waals surface area (Å²) in [4.78, 5) is 11.5. The molecule has 1 unspecified atom stereocenters. The number of rotatable bonds is 3. The van der Waals surface area contributed by atoms with E-state index in [0.29, 0.717) is 0 Å². The maximum absolute atomic E-state index is 11.5. The zero-order valence-electron chi connectivity index (χ0n) is 8.82. The number of carbonyl (C=O) groups is 1. The van der Waals surface area contributed by atoms with Crippen LogP contribution in [0.2, 0.25) is 0 Å². The Kier molecular flexibility index (Phi) is 3.68. The fourth-order valence-electron chi connectivity index (χ4n) is 1.17. The van der Waals surface area contributed by atoms with Crippen molar-refractivity contribution in [1.29, 1.82) is 0 Å². The number of phenolic OH excluding ortho intramolecular Hbond substituents is 1. The fraction of sp³-hybridized carbons (Fsp3) is 0.364. The van der Waals surface area contributed by atoms with Crippen LogP contribution in [0.1, 0.15) is 22.8 Å². The molecule has 1 amide bonds. The Morgan fingerprint density at radius 2 is 2.20 bits per heavy atom. The summed E-state index contributed by atoms with van der Waals surface area (Å²) in [7, 11) is 0. The second kappa shape index (κ2) is 4.79. The van der Waals surface area contributed by atoms with Crippen LogP contribution in [0.25, 0.3) is 0 Å². The van der Waals surface area contributed by atoms with Gasteiger partial charge in [0.05, 0.1) is 11.7 Å². The van der Waals surface area contributed by atoms with Gasteiger partial charge in [-0.3, -0.25) is 4.79 Å². The Labute approximate surface area is 88.6 Å². The van der Waals surface area contributed by atoms with E-state index >= 15 is 0 Å². The van der Waals surface area contributed by atoms with Gasteiger partial charge in [-0.25, -0.2) is 0 Å². The van der Waals surface area contributed by atoms with Crippen LogP contribution in [0.5, 0.6) is 5.75 Å². The zero-order chi connectivity index (χ0) is 11.4. The molecule has 4 heteroatoms. The first kappa shape index (κ1) is 11.5. The summed E-state index contributed by atoms with van der Waals surface area (Å²) in [6, 6.07) is 4.81. The SMILES string of the molecule is Cc1ccc(O)c(C(=O)NCC(C)O)c1. The van der Waals surface area contributed by atoms with Crippen LogP contribution in [-0.2, 0) is 0 Å². The van der Waals surface area contributed by atoms with Crippen LogP contribution in [0.15, 0.2) is 18.2 Å². The molecule has 0 fully saturated rings. The van der Waals surface area contributed by atoms with E-state index in [0.717, 1.165) is 5.56 Å². The van der Waals surface area contributed by atoms with Crippen LogP contribution in [-0.4, -0.2) is 28.8 Å². The number of aliphatic hydroxyl groups is 1. The van der Waals surface area contributed by atoms with Gasteiger partial charge in [-0.15, -0.1) is 0 Å². The van der Waals surface area contributed by atoms with Gasteiger partial charge in [-0.2, -0.15) is 0 Å². The minimum Gasteiger partial charge on any atom is -0.507 e. The molecule has 0 spiro atoms. The summed E-state index contributed by atoms with van der Waals surface area (Å²) < 4.78 is 0. The highest BCUT2D eigenvalue weighted by molar-refractivity contribution is 5.96. The van der Waals surface area contributed by atoms with E-state index in [1.165, 1.54) is 6.07 Å². The summed E-state index contributed by atoms with van der Waals surface area (Å²) >= 11 is 0. The highest BCUT2D eigenvalue weighted by atomic mass is 16.3. The van der Waals surface area contributed by atoms with Crippen molar-refractivity contribution in [3.63, 3.8) is 0 Å². The van der Waals surface area contributed by atoms with Gasteiger partial charge in [-0.1, -0.05) is 11.6 Å². The predicted molar refractivity (Wildman–Crippen MR) is 56.9 cm³/mol. The molecule has 1 aromatic carbocycles. The van der Waals surface area contributed by atoms with Gasteiger partial charge < -0.3 is 15.5 Å². The van der Waals surface area contributed by atoms with Gasteiger partial charge in [0.1, 0.15) is 5.75 Å². The monoisotopic (exact) mass is 209 g/mol. The van der Waals surface area contributed by atoms with E-state index in [1.54, 1.807) is 19.1 Å². The first-order chi connectivity index (χ1) is 7.00. The minimum atomic E-state index is -0.596. The lowest BCUT2D eigenvalue weighted by Crippen LogP contribution is -2.30. The molecular formula is C11H15NO3. The number of amides is 1. The third-order valence-electron chi connectivity index (χ3n) is 1.95. The molecule has 82 valence electrons. The molecule has 15 heavy (non-hydrogen) atoms. The molecule has 0 heterocycles. The summed E-state index contributed by atoms with van der Waals surface area (Å²) in [5.74, 6) is -0.430. The molecule has 4 nitrogen and oxygen atoms in total. The topological polar surface area (TPSA) is 69.6 Å². The van der Waals surface area contributed by atoms with E-state index in [4.69, 9.17) is 5.11 Å². The van der Waals surface area contributed by atoms with Gasteiger partial charge >= 0.3 is 0 Å². The molecule has 0 aliphatic rings. The molecular weight excluding hydrogens is 194 g/mol. The summed E-state index contributed by atoms with van der Waals surface area (Å²) in [6.07, 6.45) is -0.596. The van der Waals surface area contributed by atoms with Crippen LogP contribution in [0.4, 0.5) is 0 Å². The molecule has 3 N–H and O–H groups in total. The van der Waals surface area contributed by atoms with Crippen LogP contribution in [0.3, 0.4) is 0 Å². The molecule has 1 aromatic rings. The van der Waals surface area contributed by atoms with E-state index in [1.807, 2.05) is 6.92 Å². The van der Waals surface area contributed by atoms with E-state index < -0.39 is 6.10 Å². The second-order valence-corrected chi connectivity index (χ2v) is 3.58. The number of hydrogen-bond acceptors (Lipinski definition) is 3. The Morgan fingerprint density at radius 3 is 2.80 bits per heavy atom. The molecule has 0 radical (unpaired) electrons. The standard InChI is InChI=1S/C11H15NO3/c1-7-3-4-10(14)9(5-7)11(15)12-6-8(2)13/h3-5,8,13-14H,6H2,1-2H3,(H,12,15). The first-order valence-corrected chi connectivity index (χ1v) is 4.76. The van der Waals surface area contributed by atoms with Crippen molar-refractivity contribution in [1.82, 2.24) is 5.32 Å². The minimum absolute atomic E-state index is 0.0521. The number of aromatic hydroxyl groups is 1. The molecule has 0 aliphatic carbocycles. The molecule has 0 saturated carbocycles. The van der Waals surface area contributed by atoms with E-state index in [9.17, 15) is 9.90 Å². The predicted octanol–water partition coefficient (Wildman–Crippen LogP) is 0.811. The molecule has 0 aromatic heterocycles. The van der Waals surface area contributed by atoms with Crippen LogP contribution < -0.4 is 5.32 Å². The molecule has 0 aliphatic heterocycles. The number of aryl methyl sites for hydroxylation is 1. The Balaban J connectivity index is 2.77. The van der Waals surface area contributed by atoms with Crippen LogP contribution >= 0.6 is 0 Å². The highest BCUT2D eigenvalue weighted by Gasteiger charge is 2.11. The number of phenols is 1. The van der Waals surface area contributed by atoms with Crippen molar-refractivity contribution in [2.24, 2.45) is 0 Å². The van der Waals surface area contributed by atoms with Crippen molar-refractivity contribution in [3.8, 4) is 5.75 Å². The normalized spacial score (nSPS) is 12.2. The maximum atomic E-state index is 11.5. The van der Waals surface area contributed by atoms with Gasteiger partial charge in [0.25, 0.3) is 5.91 Å². The molecule has 1 rings (SSSR count). The largest absolute Gasteiger partial charge is 0.507 e. The van der Waals surface area contributed by atoms with E-state index in [2.05, 4.69) is 5.32 Å². The average molecular weight is 209 g/mol. The number of hydrogen-bond donors (Lipinski definition) is 3. The highest BCUT2D eigenvalue weighted by Crippen LogP contribution is 2.17. The third kappa shape index (κ3) is 3.25. The Hall–Kier alpha value is -1.55. The quantitative estimate of drug-likeness (QED) is 0.690. The third-order valence-corrected chi connectivity index (χ3v) is 1.95. The fourth-order valence-corrected chi connectivity index (χ4v) is 1.17.